The number of fused-ring (bicyclic) bond motifs is 1. The van der Waals surface area contributed by atoms with Crippen molar-refractivity contribution in [1.29, 1.82) is 0 Å². The van der Waals surface area contributed by atoms with Gasteiger partial charge in [0.1, 0.15) is 5.75 Å². The molecule has 0 saturated carbocycles. The molecule has 1 aliphatic rings. The number of nitrogens with one attached hydrogen (secondary N) is 5. The number of pyridine rings is 1. The van der Waals surface area contributed by atoms with Crippen molar-refractivity contribution in [3.63, 3.8) is 0 Å². The zero-order valence-electron chi connectivity index (χ0n) is 27.7. The number of phenols is 1. The van der Waals surface area contributed by atoms with Crippen LogP contribution in [0, 0.1) is 0 Å². The molecule has 1 aromatic heterocycles. The summed E-state index contributed by atoms with van der Waals surface area (Å²) in [4.78, 5) is 42.2. The van der Waals surface area contributed by atoms with Gasteiger partial charge in [-0.15, -0.1) is 0 Å². The van der Waals surface area contributed by atoms with Gasteiger partial charge in [0.15, 0.2) is 0 Å². The second-order valence-electron chi connectivity index (χ2n) is 12.5. The Kier molecular flexibility index (Phi) is 11.2. The Hall–Kier alpha value is -5.49. The molecule has 6 rings (SSSR count). The molecule has 11 nitrogen and oxygen atoms in total. The number of para-hydroxylation sites is 1. The number of aromatic amines is 1. The molecule has 0 aliphatic carbocycles. The van der Waals surface area contributed by atoms with E-state index in [0.717, 1.165) is 54.9 Å². The molecule has 2 heterocycles. The lowest BCUT2D eigenvalue weighted by atomic mass is 10.0. The van der Waals surface area contributed by atoms with E-state index in [4.69, 9.17) is 0 Å². The number of rotatable bonds is 12. The van der Waals surface area contributed by atoms with Crippen molar-refractivity contribution in [2.24, 2.45) is 0 Å². The number of benzene rings is 4. The Labute approximate surface area is 290 Å². The molecule has 0 spiro atoms. The number of anilines is 1. The molecular formula is C39H42N6O5. The van der Waals surface area contributed by atoms with Crippen LogP contribution in [0.1, 0.15) is 40.4 Å². The van der Waals surface area contributed by atoms with Crippen LogP contribution in [0.3, 0.4) is 0 Å². The van der Waals surface area contributed by atoms with Gasteiger partial charge in [-0.05, 0) is 59.9 Å². The fourth-order valence-electron chi connectivity index (χ4n) is 6.32. The highest BCUT2D eigenvalue weighted by Crippen LogP contribution is 2.29. The van der Waals surface area contributed by atoms with E-state index in [1.54, 1.807) is 24.3 Å². The Balaban J connectivity index is 0.886. The Morgan fingerprint density at radius 3 is 2.40 bits per heavy atom. The van der Waals surface area contributed by atoms with Crippen molar-refractivity contribution in [3.8, 4) is 16.9 Å². The minimum atomic E-state index is -0.857. The van der Waals surface area contributed by atoms with Gasteiger partial charge in [-0.2, -0.15) is 0 Å². The van der Waals surface area contributed by atoms with Gasteiger partial charge in [0.25, 0.3) is 5.91 Å². The number of hydrogen-bond acceptors (Lipinski definition) is 7. The number of H-pyrrole nitrogens is 1. The molecule has 258 valence electrons. The molecule has 1 saturated heterocycles. The quantitative estimate of drug-likeness (QED) is 0.101. The first-order valence-electron chi connectivity index (χ1n) is 16.9. The molecule has 4 aromatic carbocycles. The lowest BCUT2D eigenvalue weighted by Gasteiger charge is -2.32. The van der Waals surface area contributed by atoms with Crippen LogP contribution in [0.15, 0.2) is 108 Å². The van der Waals surface area contributed by atoms with Crippen molar-refractivity contribution >= 4 is 28.5 Å². The van der Waals surface area contributed by atoms with Crippen LogP contribution in [-0.2, 0) is 6.54 Å². The number of nitrogens with zero attached hydrogens (tertiary/aromatic N) is 1. The topological polar surface area (TPSA) is 159 Å². The van der Waals surface area contributed by atoms with Crippen molar-refractivity contribution in [3.05, 3.63) is 130 Å². The Bertz CT molecular complexity index is 1970. The summed E-state index contributed by atoms with van der Waals surface area (Å²) in [5.74, 6) is -0.190. The fourth-order valence-corrected chi connectivity index (χ4v) is 6.32. The van der Waals surface area contributed by atoms with Crippen LogP contribution >= 0.6 is 0 Å². The number of aromatic hydroxyl groups is 1. The summed E-state index contributed by atoms with van der Waals surface area (Å²) in [5.41, 5.74) is 4.88. The van der Waals surface area contributed by atoms with Crippen molar-refractivity contribution in [2.45, 2.75) is 31.5 Å². The number of carbonyl (C=O) groups excluding carboxylic acids is 2. The van der Waals surface area contributed by atoms with Gasteiger partial charge in [-0.3, -0.25) is 9.59 Å². The number of amides is 3. The summed E-state index contributed by atoms with van der Waals surface area (Å²) in [6, 6.07) is 31.0. The second-order valence-corrected chi connectivity index (χ2v) is 12.5. The number of carbonyl (C=O) groups is 2. The number of likely N-dealkylation sites (tertiary alicyclic amines) is 1. The predicted octanol–water partition coefficient (Wildman–Crippen LogP) is 4.74. The molecule has 7 N–H and O–H groups in total. The minimum Gasteiger partial charge on any atom is -0.506 e. The maximum atomic E-state index is 12.8. The SMILES string of the molecule is O=C(Nc1ccccc1-c1ccccc1)NC1CCN(CCNC(=O)c2ccc(CNC[C@H](O)c3ccc(O)c4[nH]c(=O)ccc34)cc2)CC1. The van der Waals surface area contributed by atoms with Crippen LogP contribution in [0.25, 0.3) is 22.0 Å². The molecule has 0 unspecified atom stereocenters. The minimum absolute atomic E-state index is 0.0522. The number of aliphatic hydroxyl groups excluding tert-OH is 1. The van der Waals surface area contributed by atoms with Crippen molar-refractivity contribution < 1.29 is 19.8 Å². The molecule has 0 radical (unpaired) electrons. The molecule has 0 bridgehead atoms. The molecule has 1 fully saturated rings. The standard InChI is InChI=1S/C39H42N6O5/c46-34-16-14-31(32-15-17-36(48)44-37(32)34)35(47)25-40-24-26-10-12-28(13-11-26)38(49)41-20-23-45-21-18-29(19-22-45)42-39(50)43-33-9-5-4-8-30(33)27-6-2-1-3-7-27/h1-17,29,35,40,46-47H,18-25H2,(H,41,49)(H,44,48)(H2,42,43,50)/t35-/m0/s1. The van der Waals surface area contributed by atoms with Gasteiger partial charge in [0.2, 0.25) is 5.56 Å². The first-order valence-corrected chi connectivity index (χ1v) is 16.9. The summed E-state index contributed by atoms with van der Waals surface area (Å²) in [6.45, 7) is 3.66. The van der Waals surface area contributed by atoms with E-state index in [1.165, 1.54) is 12.1 Å². The molecule has 1 atom stereocenters. The molecule has 1 aliphatic heterocycles. The van der Waals surface area contributed by atoms with E-state index in [-0.39, 0.29) is 35.8 Å². The average Bonchev–Trinajstić information content (AvgIpc) is 3.13. The van der Waals surface area contributed by atoms with Crippen LogP contribution in [0.5, 0.6) is 5.75 Å². The fraction of sp³-hybridized carbons (Fsp3) is 0.256. The van der Waals surface area contributed by atoms with Crippen LogP contribution in [0.4, 0.5) is 10.5 Å². The molecule has 50 heavy (non-hydrogen) atoms. The highest BCUT2D eigenvalue weighted by atomic mass is 16.3. The summed E-state index contributed by atoms with van der Waals surface area (Å²) >= 11 is 0. The number of phenolic OH excluding ortho intramolecular Hbond substituents is 1. The third kappa shape index (κ3) is 8.75. The zero-order valence-corrected chi connectivity index (χ0v) is 27.7. The summed E-state index contributed by atoms with van der Waals surface area (Å²) < 4.78 is 0. The number of piperidine rings is 1. The molecule has 3 amide bonds. The largest absolute Gasteiger partial charge is 0.506 e. The van der Waals surface area contributed by atoms with Gasteiger partial charge in [0.05, 0.1) is 17.3 Å². The summed E-state index contributed by atoms with van der Waals surface area (Å²) in [7, 11) is 0. The predicted molar refractivity (Wildman–Crippen MR) is 195 cm³/mol. The van der Waals surface area contributed by atoms with Gasteiger partial charge in [-0.25, -0.2) is 4.79 Å². The van der Waals surface area contributed by atoms with E-state index in [9.17, 15) is 24.6 Å². The molecular weight excluding hydrogens is 632 g/mol. The van der Waals surface area contributed by atoms with Crippen molar-refractivity contribution in [1.82, 2.24) is 25.8 Å². The number of aliphatic hydroxyl groups is 1. The highest BCUT2D eigenvalue weighted by Gasteiger charge is 2.21. The van der Waals surface area contributed by atoms with Gasteiger partial charge >= 0.3 is 6.03 Å². The van der Waals surface area contributed by atoms with Crippen LogP contribution in [0.2, 0.25) is 0 Å². The first-order chi connectivity index (χ1) is 24.3. The van der Waals surface area contributed by atoms with Crippen LogP contribution in [-0.4, -0.2) is 70.8 Å². The Morgan fingerprint density at radius 2 is 1.62 bits per heavy atom. The maximum absolute atomic E-state index is 12.8. The van der Waals surface area contributed by atoms with E-state index in [0.29, 0.717) is 35.1 Å². The van der Waals surface area contributed by atoms with Crippen molar-refractivity contribution in [2.75, 3.05) is 38.0 Å². The second kappa shape index (κ2) is 16.3. The monoisotopic (exact) mass is 674 g/mol. The number of hydrogen-bond donors (Lipinski definition) is 7. The van der Waals surface area contributed by atoms with E-state index in [1.807, 2.05) is 66.7 Å². The first kappa shape index (κ1) is 34.4. The van der Waals surface area contributed by atoms with E-state index in [2.05, 4.69) is 31.2 Å². The van der Waals surface area contributed by atoms with Gasteiger partial charge in [-0.1, -0.05) is 66.7 Å². The van der Waals surface area contributed by atoms with E-state index < -0.39 is 6.10 Å². The molecule has 5 aromatic rings. The normalized spacial score (nSPS) is 14.3. The summed E-state index contributed by atoms with van der Waals surface area (Å²) in [6.07, 6.45) is 0.810. The van der Waals surface area contributed by atoms with Crippen LogP contribution < -0.4 is 26.8 Å². The third-order valence-electron chi connectivity index (χ3n) is 9.05. The summed E-state index contributed by atoms with van der Waals surface area (Å²) in [5, 5.41) is 33.8. The lowest BCUT2D eigenvalue weighted by Crippen LogP contribution is -2.47. The smallest absolute Gasteiger partial charge is 0.319 e. The highest BCUT2D eigenvalue weighted by molar-refractivity contribution is 5.95. The van der Waals surface area contributed by atoms with E-state index >= 15 is 0 Å². The number of urea groups is 1. The van der Waals surface area contributed by atoms with Gasteiger partial charge < -0.3 is 41.4 Å². The number of aromatic nitrogens is 1. The maximum Gasteiger partial charge on any atom is 0.319 e. The lowest BCUT2D eigenvalue weighted by molar-refractivity contribution is 0.0945. The van der Waals surface area contributed by atoms with Gasteiger partial charge in [0, 0.05) is 67.9 Å². The molecule has 11 heteroatoms. The third-order valence-corrected chi connectivity index (χ3v) is 9.05. The average molecular weight is 675 g/mol. The zero-order chi connectivity index (χ0) is 34.9. The Morgan fingerprint density at radius 1 is 0.880 bits per heavy atom.